The zero-order valence-electron chi connectivity index (χ0n) is 9.49. The van der Waals surface area contributed by atoms with Crippen molar-refractivity contribution in [3.8, 4) is 0 Å². The molecule has 2 nitrogen and oxygen atoms in total. The molecule has 0 saturated heterocycles. The van der Waals surface area contributed by atoms with Crippen molar-refractivity contribution in [2.75, 3.05) is 17.3 Å². The van der Waals surface area contributed by atoms with Gasteiger partial charge in [-0.05, 0) is 33.6 Å². The minimum absolute atomic E-state index is 0.0917. The van der Waals surface area contributed by atoms with E-state index >= 15 is 0 Å². The Balaban J connectivity index is 0. The number of halogens is 3. The van der Waals surface area contributed by atoms with E-state index in [0.717, 1.165) is 18.2 Å². The fourth-order valence-corrected chi connectivity index (χ4v) is 1.22. The molecule has 15 heavy (non-hydrogen) atoms. The zero-order valence-corrected chi connectivity index (χ0v) is 12.6. The van der Waals surface area contributed by atoms with Crippen LogP contribution in [0.3, 0.4) is 0 Å². The Morgan fingerprint density at radius 3 is 2.20 bits per heavy atom. The van der Waals surface area contributed by atoms with Gasteiger partial charge in [0.2, 0.25) is 0 Å². The molecule has 0 spiro atoms. The molecule has 0 aliphatic heterocycles. The predicted molar refractivity (Wildman–Crippen MR) is 70.0 cm³/mol. The average Bonchev–Trinajstić information content (AvgIpc) is 2.16. The van der Waals surface area contributed by atoms with Gasteiger partial charge < -0.3 is 4.74 Å². The van der Waals surface area contributed by atoms with Crippen molar-refractivity contribution in [1.29, 1.82) is 0 Å². The smallest absolute Gasteiger partial charge is 0.311 e. The molecule has 92 valence electrons. The van der Waals surface area contributed by atoms with Gasteiger partial charge in [0.25, 0.3) is 0 Å². The number of esters is 1. The maximum Gasteiger partial charge on any atom is 0.311 e. The van der Waals surface area contributed by atoms with E-state index in [9.17, 15) is 4.79 Å². The lowest BCUT2D eigenvalue weighted by Crippen LogP contribution is -2.26. The van der Waals surface area contributed by atoms with E-state index in [1.165, 1.54) is 0 Å². The third-order valence-electron chi connectivity index (χ3n) is 1.76. The first-order valence-corrected chi connectivity index (χ1v) is 7.00. The Morgan fingerprint density at radius 2 is 1.87 bits per heavy atom. The average molecular weight is 322 g/mol. The van der Waals surface area contributed by atoms with Gasteiger partial charge in [-0.1, -0.05) is 15.9 Å². The normalized spacial score (nSPS) is 10.3. The van der Waals surface area contributed by atoms with Gasteiger partial charge >= 0.3 is 5.97 Å². The molecular formula is C10H19BrCl2O2. The van der Waals surface area contributed by atoms with Crippen molar-refractivity contribution in [3.63, 3.8) is 0 Å². The van der Waals surface area contributed by atoms with Crippen LogP contribution in [0.15, 0.2) is 0 Å². The van der Waals surface area contributed by atoms with Crippen LogP contribution in [0.1, 0.15) is 33.6 Å². The highest BCUT2D eigenvalue weighted by molar-refractivity contribution is 9.09. The van der Waals surface area contributed by atoms with Crippen LogP contribution in [-0.2, 0) is 9.53 Å². The molecule has 0 aromatic rings. The van der Waals surface area contributed by atoms with Crippen LogP contribution >= 0.6 is 39.1 Å². The van der Waals surface area contributed by atoms with Gasteiger partial charge in [0, 0.05) is 5.33 Å². The largest absolute Gasteiger partial charge is 0.466 e. The van der Waals surface area contributed by atoms with Gasteiger partial charge in [-0.2, -0.15) is 0 Å². The first-order valence-electron chi connectivity index (χ1n) is 4.81. The highest BCUT2D eigenvalue weighted by Gasteiger charge is 2.27. The monoisotopic (exact) mass is 320 g/mol. The van der Waals surface area contributed by atoms with Gasteiger partial charge in [-0.25, -0.2) is 0 Å². The number of hydrogen-bond acceptors (Lipinski definition) is 2. The quantitative estimate of drug-likeness (QED) is 0.561. The Hall–Kier alpha value is 0.530. The summed E-state index contributed by atoms with van der Waals surface area (Å²) in [6.07, 6.45) is 1.88. The Bertz CT molecular complexity index is 164. The van der Waals surface area contributed by atoms with Crippen LogP contribution in [-0.4, -0.2) is 23.2 Å². The van der Waals surface area contributed by atoms with E-state index in [1.807, 2.05) is 20.8 Å². The molecule has 0 rings (SSSR count). The topological polar surface area (TPSA) is 26.3 Å². The second-order valence-corrected chi connectivity index (χ2v) is 5.10. The predicted octanol–water partition coefficient (Wildman–Crippen LogP) is 4.17. The zero-order chi connectivity index (χ0) is 12.3. The van der Waals surface area contributed by atoms with Crippen molar-refractivity contribution >= 4 is 45.1 Å². The van der Waals surface area contributed by atoms with Crippen molar-refractivity contribution in [1.82, 2.24) is 0 Å². The minimum Gasteiger partial charge on any atom is -0.466 e. The lowest BCUT2D eigenvalue weighted by Gasteiger charge is -2.21. The number of hydrogen-bond donors (Lipinski definition) is 0. The fourth-order valence-electron chi connectivity index (χ4n) is 0.937. The first kappa shape index (κ1) is 17.9. The molecule has 5 heteroatoms. The molecule has 0 bridgehead atoms. The van der Waals surface area contributed by atoms with E-state index in [2.05, 4.69) is 15.9 Å². The van der Waals surface area contributed by atoms with Crippen LogP contribution < -0.4 is 0 Å². The summed E-state index contributed by atoms with van der Waals surface area (Å²) in [5, 5.41) is 1.13. The van der Waals surface area contributed by atoms with Crippen LogP contribution in [0.25, 0.3) is 0 Å². The van der Waals surface area contributed by atoms with E-state index in [4.69, 9.17) is 27.9 Å². The summed E-state index contributed by atoms with van der Waals surface area (Å²) in [6, 6.07) is 0. The lowest BCUT2D eigenvalue weighted by atomic mass is 9.88. The summed E-state index contributed by atoms with van der Waals surface area (Å²) in [5.74, 6) is -0.0917. The molecule has 0 saturated carbocycles. The standard InChI is InChI=1S/C9H17BrO2.CH2Cl2/c1-4-12-8(11)9(2,3)6-5-7-10;2-1-3/h4-7H2,1-3H3;1H2. The molecular weight excluding hydrogens is 303 g/mol. The van der Waals surface area contributed by atoms with Crippen LogP contribution in [0.5, 0.6) is 0 Å². The van der Waals surface area contributed by atoms with E-state index in [-0.39, 0.29) is 16.7 Å². The highest BCUT2D eigenvalue weighted by atomic mass is 79.9. The molecule has 0 aliphatic rings. The van der Waals surface area contributed by atoms with Crippen molar-refractivity contribution < 1.29 is 9.53 Å². The summed E-state index contributed by atoms with van der Waals surface area (Å²) < 4.78 is 4.95. The van der Waals surface area contributed by atoms with E-state index in [1.54, 1.807) is 0 Å². The molecule has 0 N–H and O–H groups in total. The van der Waals surface area contributed by atoms with Crippen molar-refractivity contribution in [3.05, 3.63) is 0 Å². The second-order valence-electron chi connectivity index (χ2n) is 3.50. The van der Waals surface area contributed by atoms with Gasteiger partial charge in [-0.15, -0.1) is 23.2 Å². The highest BCUT2D eigenvalue weighted by Crippen LogP contribution is 2.24. The third kappa shape index (κ3) is 10.8. The molecule has 0 aliphatic carbocycles. The Labute approximate surface area is 111 Å². The van der Waals surface area contributed by atoms with Crippen LogP contribution in [0.2, 0.25) is 0 Å². The minimum atomic E-state index is -0.330. The SMILES string of the molecule is CCOC(=O)C(C)(C)CCCBr.ClCCl. The fraction of sp³-hybridized carbons (Fsp3) is 0.900. The second kappa shape index (κ2) is 11.0. The summed E-state index contributed by atoms with van der Waals surface area (Å²) in [7, 11) is 0. The summed E-state index contributed by atoms with van der Waals surface area (Å²) in [6.45, 7) is 6.15. The maximum absolute atomic E-state index is 11.3. The summed E-state index contributed by atoms with van der Waals surface area (Å²) in [5.41, 5.74) is -0.330. The van der Waals surface area contributed by atoms with Gasteiger partial charge in [0.1, 0.15) is 0 Å². The van der Waals surface area contributed by atoms with Gasteiger partial charge in [0.15, 0.2) is 0 Å². The molecule has 0 radical (unpaired) electrons. The molecule has 0 atom stereocenters. The number of rotatable bonds is 5. The number of alkyl halides is 3. The van der Waals surface area contributed by atoms with Crippen molar-refractivity contribution in [2.45, 2.75) is 33.6 Å². The van der Waals surface area contributed by atoms with Crippen molar-refractivity contribution in [2.24, 2.45) is 5.41 Å². The van der Waals surface area contributed by atoms with Crippen LogP contribution in [0, 0.1) is 5.41 Å². The Kier molecular flexibility index (Phi) is 13.2. The lowest BCUT2D eigenvalue weighted by molar-refractivity contribution is -0.153. The summed E-state index contributed by atoms with van der Waals surface area (Å²) in [4.78, 5) is 11.3. The van der Waals surface area contributed by atoms with E-state index in [0.29, 0.717) is 6.61 Å². The third-order valence-corrected chi connectivity index (χ3v) is 2.32. The molecule has 0 fully saturated rings. The molecule has 0 aromatic heterocycles. The van der Waals surface area contributed by atoms with Gasteiger partial charge in [0.05, 0.1) is 17.4 Å². The Morgan fingerprint density at radius 1 is 1.40 bits per heavy atom. The number of carbonyl (C=O) groups excluding carboxylic acids is 1. The van der Waals surface area contributed by atoms with E-state index < -0.39 is 0 Å². The number of carbonyl (C=O) groups is 1. The molecule has 0 amide bonds. The molecule has 0 heterocycles. The van der Waals surface area contributed by atoms with Gasteiger partial charge in [-0.3, -0.25) is 4.79 Å². The molecule has 0 unspecified atom stereocenters. The summed E-state index contributed by atoms with van der Waals surface area (Å²) >= 11 is 12.9. The van der Waals surface area contributed by atoms with Crippen LogP contribution in [0.4, 0.5) is 0 Å². The number of ether oxygens (including phenoxy) is 1. The first-order chi connectivity index (χ1) is 6.96. The molecule has 0 aromatic carbocycles. The maximum atomic E-state index is 11.3.